The van der Waals surface area contributed by atoms with Crippen LogP contribution in [0.1, 0.15) is 57.8 Å². The highest BCUT2D eigenvalue weighted by Crippen LogP contribution is 2.45. The highest BCUT2D eigenvalue weighted by atomic mass is 16.5. The average molecular weight is 300 g/mol. The molecule has 0 unspecified atom stereocenters. The number of aliphatic hydroxyl groups is 1. The second-order valence-electron chi connectivity index (χ2n) is 5.82. The minimum atomic E-state index is -1.14. The predicted octanol–water partition coefficient (Wildman–Crippen LogP) is 2.45. The van der Waals surface area contributed by atoms with E-state index < -0.39 is 17.4 Å². The van der Waals surface area contributed by atoms with Gasteiger partial charge in [-0.15, -0.1) is 0 Å². The van der Waals surface area contributed by atoms with Crippen LogP contribution in [0.4, 0.5) is 0 Å². The molecule has 5 heteroatoms. The zero-order chi connectivity index (χ0) is 15.7. The van der Waals surface area contributed by atoms with Crippen molar-refractivity contribution in [1.82, 2.24) is 0 Å². The Kier molecular flexibility index (Phi) is 7.72. The van der Waals surface area contributed by atoms with Gasteiger partial charge < -0.3 is 14.6 Å². The Hall–Kier alpha value is -1.10. The Morgan fingerprint density at radius 2 is 1.52 bits per heavy atom. The molecule has 0 atom stereocenters. The van der Waals surface area contributed by atoms with Crippen molar-refractivity contribution in [3.8, 4) is 0 Å². The number of carbonyl (C=O) groups is 2. The highest BCUT2D eigenvalue weighted by Gasteiger charge is 2.54. The molecule has 0 aromatic carbocycles. The summed E-state index contributed by atoms with van der Waals surface area (Å²) >= 11 is 0. The average Bonchev–Trinajstić information content (AvgIpc) is 3.04. The molecule has 0 aromatic rings. The lowest BCUT2D eigenvalue weighted by Crippen LogP contribution is -2.46. The van der Waals surface area contributed by atoms with E-state index in [9.17, 15) is 9.59 Å². The predicted molar refractivity (Wildman–Crippen MR) is 78.6 cm³/mol. The monoisotopic (exact) mass is 300 g/mol. The van der Waals surface area contributed by atoms with E-state index in [0.717, 1.165) is 51.4 Å². The van der Waals surface area contributed by atoms with Gasteiger partial charge in [0.1, 0.15) is 0 Å². The normalized spacial score (nSPS) is 16.0. The number of unbranched alkanes of at least 4 members (excludes halogenated alkanes) is 3. The van der Waals surface area contributed by atoms with Crippen LogP contribution in [-0.2, 0) is 19.1 Å². The molecule has 0 aliphatic heterocycles. The number of methoxy groups -OCH3 is 2. The summed E-state index contributed by atoms with van der Waals surface area (Å²) in [6.45, 7) is 0.182. The highest BCUT2D eigenvalue weighted by molar-refractivity contribution is 6.00. The van der Waals surface area contributed by atoms with E-state index in [1.54, 1.807) is 0 Å². The van der Waals surface area contributed by atoms with E-state index in [1.807, 2.05) is 0 Å². The summed E-state index contributed by atoms with van der Waals surface area (Å²) in [5.41, 5.74) is -1.14. The Morgan fingerprint density at radius 3 is 2.00 bits per heavy atom. The molecule has 0 radical (unpaired) electrons. The first-order valence-electron chi connectivity index (χ1n) is 7.91. The lowest BCUT2D eigenvalue weighted by atomic mass is 9.70. The van der Waals surface area contributed by atoms with E-state index in [0.29, 0.717) is 6.42 Å². The van der Waals surface area contributed by atoms with Gasteiger partial charge in [-0.2, -0.15) is 0 Å². The molecule has 122 valence electrons. The lowest BCUT2D eigenvalue weighted by Gasteiger charge is -2.33. The second-order valence-corrected chi connectivity index (χ2v) is 5.82. The topological polar surface area (TPSA) is 72.8 Å². The van der Waals surface area contributed by atoms with Crippen LogP contribution in [0.2, 0.25) is 0 Å². The lowest BCUT2D eigenvalue weighted by molar-refractivity contribution is -0.174. The van der Waals surface area contributed by atoms with Crippen molar-refractivity contribution >= 4 is 11.9 Å². The van der Waals surface area contributed by atoms with Gasteiger partial charge in [-0.25, -0.2) is 0 Å². The van der Waals surface area contributed by atoms with Gasteiger partial charge in [-0.1, -0.05) is 32.1 Å². The van der Waals surface area contributed by atoms with Crippen LogP contribution in [0.25, 0.3) is 0 Å². The number of aliphatic hydroxyl groups excluding tert-OH is 1. The quantitative estimate of drug-likeness (QED) is 0.402. The van der Waals surface area contributed by atoms with Gasteiger partial charge in [0.15, 0.2) is 5.41 Å². The molecule has 0 amide bonds. The summed E-state index contributed by atoms with van der Waals surface area (Å²) < 4.78 is 9.90. The first-order valence-corrected chi connectivity index (χ1v) is 7.91. The summed E-state index contributed by atoms with van der Waals surface area (Å²) in [5, 5.41) is 8.80. The minimum absolute atomic E-state index is 0.0234. The van der Waals surface area contributed by atoms with E-state index >= 15 is 0 Å². The molecule has 1 saturated carbocycles. The number of ether oxygens (including phenoxy) is 2. The van der Waals surface area contributed by atoms with Gasteiger partial charge in [0.2, 0.25) is 0 Å². The summed E-state index contributed by atoms with van der Waals surface area (Å²) in [4.78, 5) is 24.8. The molecule has 0 bridgehead atoms. The molecule has 0 heterocycles. The number of rotatable bonds is 9. The number of hydrogen-bond acceptors (Lipinski definition) is 5. The van der Waals surface area contributed by atoms with Crippen LogP contribution in [-0.4, -0.2) is 37.9 Å². The van der Waals surface area contributed by atoms with Crippen LogP contribution in [0, 0.1) is 11.3 Å². The molecule has 1 aliphatic rings. The van der Waals surface area contributed by atoms with Crippen molar-refractivity contribution in [2.45, 2.75) is 57.8 Å². The molecule has 0 spiro atoms. The molecule has 5 nitrogen and oxygen atoms in total. The fourth-order valence-electron chi connectivity index (χ4n) is 3.48. The fraction of sp³-hybridized carbons (Fsp3) is 0.875. The zero-order valence-corrected chi connectivity index (χ0v) is 13.2. The van der Waals surface area contributed by atoms with Crippen molar-refractivity contribution in [2.75, 3.05) is 20.8 Å². The van der Waals surface area contributed by atoms with Gasteiger partial charge in [0.05, 0.1) is 14.2 Å². The van der Waals surface area contributed by atoms with Crippen molar-refractivity contribution < 1.29 is 24.2 Å². The number of hydrogen-bond donors (Lipinski definition) is 1. The van der Waals surface area contributed by atoms with Crippen molar-refractivity contribution in [2.24, 2.45) is 11.3 Å². The van der Waals surface area contributed by atoms with Crippen LogP contribution < -0.4 is 0 Å². The van der Waals surface area contributed by atoms with E-state index in [2.05, 4.69) is 0 Å². The Balaban J connectivity index is 2.83. The minimum Gasteiger partial charge on any atom is -0.468 e. The third kappa shape index (κ3) is 4.19. The zero-order valence-electron chi connectivity index (χ0n) is 13.2. The van der Waals surface area contributed by atoms with Crippen molar-refractivity contribution in [3.05, 3.63) is 0 Å². The maximum Gasteiger partial charge on any atom is 0.323 e. The molecule has 21 heavy (non-hydrogen) atoms. The standard InChI is InChI=1S/C16H28O5/c1-20-14(18)16(15(19)21-2,13-9-5-6-10-13)11-7-3-4-8-12-17/h13,17H,3-12H2,1-2H3. The van der Waals surface area contributed by atoms with Crippen LogP contribution in [0.3, 0.4) is 0 Å². The van der Waals surface area contributed by atoms with Crippen LogP contribution in [0.15, 0.2) is 0 Å². The Labute approximate surface area is 127 Å². The largest absolute Gasteiger partial charge is 0.468 e. The second kappa shape index (κ2) is 9.03. The van der Waals surface area contributed by atoms with Gasteiger partial charge in [0.25, 0.3) is 0 Å². The summed E-state index contributed by atoms with van der Waals surface area (Å²) in [6, 6.07) is 0. The first-order chi connectivity index (χ1) is 10.1. The molecule has 1 rings (SSSR count). The third-order valence-electron chi connectivity index (χ3n) is 4.63. The van der Waals surface area contributed by atoms with Gasteiger partial charge in [-0.05, 0) is 31.6 Å². The van der Waals surface area contributed by atoms with Crippen molar-refractivity contribution in [1.29, 1.82) is 0 Å². The van der Waals surface area contributed by atoms with Gasteiger partial charge >= 0.3 is 11.9 Å². The van der Waals surface area contributed by atoms with Crippen molar-refractivity contribution in [3.63, 3.8) is 0 Å². The fourth-order valence-corrected chi connectivity index (χ4v) is 3.48. The molecule has 0 saturated heterocycles. The van der Waals surface area contributed by atoms with Gasteiger partial charge in [0, 0.05) is 6.61 Å². The van der Waals surface area contributed by atoms with E-state index in [4.69, 9.17) is 14.6 Å². The Bertz CT molecular complexity index is 318. The molecule has 1 aliphatic carbocycles. The maximum absolute atomic E-state index is 12.4. The Morgan fingerprint density at radius 1 is 1.00 bits per heavy atom. The molecule has 1 fully saturated rings. The van der Waals surface area contributed by atoms with Crippen LogP contribution in [0.5, 0.6) is 0 Å². The van der Waals surface area contributed by atoms with E-state index in [-0.39, 0.29) is 12.5 Å². The maximum atomic E-state index is 12.4. The van der Waals surface area contributed by atoms with E-state index in [1.165, 1.54) is 14.2 Å². The summed E-state index contributed by atoms with van der Waals surface area (Å²) in [6.07, 6.45) is 7.64. The van der Waals surface area contributed by atoms with Gasteiger partial charge in [-0.3, -0.25) is 9.59 Å². The molecular weight excluding hydrogens is 272 g/mol. The SMILES string of the molecule is COC(=O)C(CCCCCCO)(C(=O)OC)C1CCCC1. The molecule has 1 N–H and O–H groups in total. The third-order valence-corrected chi connectivity index (χ3v) is 4.63. The summed E-state index contributed by atoms with van der Waals surface area (Å²) in [5.74, 6) is -0.887. The number of esters is 2. The number of carbonyl (C=O) groups excluding carboxylic acids is 2. The molecular formula is C16H28O5. The van der Waals surface area contributed by atoms with Crippen LogP contribution >= 0.6 is 0 Å². The summed E-state index contributed by atoms with van der Waals surface area (Å²) in [7, 11) is 2.67. The first kappa shape index (κ1) is 18.0. The smallest absolute Gasteiger partial charge is 0.323 e. The molecule has 0 aromatic heterocycles.